The summed E-state index contributed by atoms with van der Waals surface area (Å²) in [6, 6.07) is 2.05. The van der Waals surface area contributed by atoms with Crippen LogP contribution in [-0.4, -0.2) is 168 Å². The second-order valence-corrected chi connectivity index (χ2v) is 32.4. The molecule has 7 aliphatic rings. The Morgan fingerprint density at radius 1 is 0.829 bits per heavy atom. The quantitative estimate of drug-likeness (QED) is 0.0411. The molecule has 31 nitrogen and oxygen atoms in total. The number of allylic oxidation sites excluding steroid dienone is 6. The van der Waals surface area contributed by atoms with Crippen molar-refractivity contribution in [1.29, 1.82) is 0 Å². The van der Waals surface area contributed by atoms with Gasteiger partial charge in [0.05, 0.1) is 41.7 Å². The monoisotopic (exact) mass is 1550 g/mol. The van der Waals surface area contributed by atoms with Gasteiger partial charge in [0, 0.05) is 166 Å². The Morgan fingerprint density at radius 3 is 2.00 bits per heavy atom. The number of carboxylic acids is 1. The second kappa shape index (κ2) is 33.1. The summed E-state index contributed by atoms with van der Waals surface area (Å²) in [5.74, 6) is -7.97. The van der Waals surface area contributed by atoms with Gasteiger partial charge in [-0.1, -0.05) is 41.5 Å². The van der Waals surface area contributed by atoms with Crippen LogP contribution in [0.1, 0.15) is 170 Å². The number of nitrogens with zero attached hydrogens (tertiary/aromatic N) is 6. The molecule has 7 aliphatic heterocycles. The number of aliphatic hydroxyl groups excluding tert-OH is 2. The van der Waals surface area contributed by atoms with E-state index in [0.717, 1.165) is 17.5 Å². The van der Waals surface area contributed by atoms with Crippen molar-refractivity contribution in [2.24, 2.45) is 101 Å². The van der Waals surface area contributed by atoms with Crippen molar-refractivity contribution in [3.8, 4) is 0 Å². The van der Waals surface area contributed by atoms with Crippen LogP contribution < -0.4 is 49.9 Å². The molecule has 5 unspecified atom stereocenters. The van der Waals surface area contributed by atoms with Crippen LogP contribution in [0.3, 0.4) is 0 Å². The number of amides is 8. The number of carboxylic acid groups (broad SMARTS) is 1. The number of nitrogens with one attached hydrogen (secondary N) is 2. The minimum Gasteiger partial charge on any atom is -0.756 e. The molecule has 9 rings (SSSR count). The van der Waals surface area contributed by atoms with Gasteiger partial charge in [-0.3, -0.25) is 57.9 Å². The summed E-state index contributed by atoms with van der Waals surface area (Å²) in [6.07, 6.45) is -3.23. The number of likely N-dealkylation sites (tertiary alicyclic amines) is 1. The number of phosphoric acid groups is 1. The number of hydrogen-bond acceptors (Lipinski definition) is 22. The van der Waals surface area contributed by atoms with Crippen LogP contribution in [0.4, 0.5) is 0 Å². The summed E-state index contributed by atoms with van der Waals surface area (Å²) in [5.41, 5.74) is 37.2. The Kier molecular flexibility index (Phi) is 26.8. The third-order valence-electron chi connectivity index (χ3n) is 23.1. The van der Waals surface area contributed by atoms with Crippen LogP contribution in [0.25, 0.3) is 11.0 Å². The molecule has 1 aromatic heterocycles. The fourth-order valence-electron chi connectivity index (χ4n) is 17.1. The van der Waals surface area contributed by atoms with Crippen molar-refractivity contribution >= 4 is 102 Å². The average molecular weight is 1550 g/mol. The average Bonchev–Trinajstić information content (AvgIpc) is 1.53. The summed E-state index contributed by atoms with van der Waals surface area (Å²) in [4.78, 5) is 152. The van der Waals surface area contributed by atoms with E-state index in [4.69, 9.17) is 68.3 Å². The Balaban J connectivity index is 0.000000919. The number of rotatable bonds is 29. The maximum absolute atomic E-state index is 14.4. The number of carbonyl (C=O) groups excluding carboxylic acids is 8. The molecular weight excluding hydrogens is 1440 g/mol. The molecule has 0 aliphatic carbocycles. The number of aryl methyl sites for hydroxylation is 2. The molecule has 0 saturated carbocycles. The van der Waals surface area contributed by atoms with Gasteiger partial charge in [0.15, 0.2) is 6.23 Å². The van der Waals surface area contributed by atoms with Crippen LogP contribution >= 0.6 is 20.5 Å². The van der Waals surface area contributed by atoms with Gasteiger partial charge in [-0.15, -0.1) is 0 Å². The fourth-order valence-corrected chi connectivity index (χ4v) is 18.4. The molecule has 34 heteroatoms. The summed E-state index contributed by atoms with van der Waals surface area (Å²) in [6.45, 7) is 21.4. The number of aliphatic carboxylic acids is 1. The predicted octanol–water partition coefficient (Wildman–Crippen LogP) is 3.16. The van der Waals surface area contributed by atoms with Crippen LogP contribution in [0.15, 0.2) is 67.8 Å². The number of nitrogens with two attached hydrogens (primary N) is 6. The molecule has 1 aromatic carbocycles. The van der Waals surface area contributed by atoms with Crippen molar-refractivity contribution in [3.63, 3.8) is 0 Å². The Labute approximate surface area is 627 Å². The predicted molar refractivity (Wildman–Crippen MR) is 387 cm³/mol. The van der Waals surface area contributed by atoms with Crippen molar-refractivity contribution in [2.45, 2.75) is 215 Å². The molecule has 0 spiro atoms. The van der Waals surface area contributed by atoms with Crippen LogP contribution in [0.2, 0.25) is 0 Å². The van der Waals surface area contributed by atoms with Gasteiger partial charge in [0.25, 0.3) is 7.82 Å². The zero-order valence-electron chi connectivity index (χ0n) is 61.7. The fraction of sp³-hybridized carbons (Fsp3) is 0.648. The van der Waals surface area contributed by atoms with Gasteiger partial charge in [-0.05, 0) is 121 Å². The van der Waals surface area contributed by atoms with E-state index in [1.54, 1.807) is 6.92 Å². The number of fused-ring (bicyclic) bond motifs is 7. The number of benzene rings is 1. The van der Waals surface area contributed by atoms with Gasteiger partial charge in [0.1, 0.15) is 24.4 Å². The van der Waals surface area contributed by atoms with E-state index in [2.05, 4.69) is 28.2 Å². The number of hydrogen-bond donors (Lipinski definition) is 12. The maximum Gasteiger partial charge on any atom is 0.326 e. The molecule has 2 aromatic rings. The number of aliphatic imine (C=N–C) groups is 3. The normalized spacial score (nSPS) is 32.5. The van der Waals surface area contributed by atoms with Crippen molar-refractivity contribution < 1.29 is 98.5 Å². The summed E-state index contributed by atoms with van der Waals surface area (Å²) in [7, 11) is -5.32. The Bertz CT molecular complexity index is 4030. The van der Waals surface area contributed by atoms with E-state index in [1.807, 2.05) is 87.4 Å². The standard InChI is InChI=1S/C62H90N13O14P.C9H15NO3S.Co/c1-29-20-39-40(21-30(29)2)75(28-70-39)57-52(84)53(41(27-76)87-57)89-90(85,86)88-31(3)26-69-49(83)18-19-59(8)37(22-46(66)80)56-62(11)61(10,25-48(68)82)36(14-17-45(65)79)51(74-62)33(5)55-60(9,24-47(67)81)34(12-15-43(63)77)38(71-55)23-42-58(6,7)35(13-16-44(64)78)50(72-42)32(4)54(59)73-56;1-6(5-14)8(11)10-4-2-3-7(10)9(12)13;/h20-21,23,28,31,34-37,41,52-53,56-57,71,76,84H,12-19,22,24-27H2,1-11H3,(H2,63,77)(H2,64,78)(H2,65,79)(H2,66,80)(H2,67,81)(H2,68,82)(H,69,83)(H,85,86);6-7,14H,2-5H2,1H3,(H,12,13);/p-1/b38-23-,50-32-,55-33-;;/t31?,34-,35-,36-,37?,41-,52-,53+,56?,57+,59-,60+,61+,62?;6-,7+;/m11./s1. The molecular formula is C71H104CoN14O17PS-. The van der Waals surface area contributed by atoms with E-state index in [0.29, 0.717) is 75.1 Å². The largest absolute Gasteiger partial charge is 0.756 e. The van der Waals surface area contributed by atoms with Crippen molar-refractivity contribution in [1.82, 2.24) is 25.1 Å². The van der Waals surface area contributed by atoms with Gasteiger partial charge >= 0.3 is 5.97 Å². The minimum atomic E-state index is -5.32. The van der Waals surface area contributed by atoms with E-state index in [9.17, 15) is 62.8 Å². The minimum absolute atomic E-state index is 0. The molecule has 17 atom stereocenters. The molecule has 8 bridgehead atoms. The molecule has 17 N–H and O–H groups in total. The maximum atomic E-state index is 14.4. The van der Waals surface area contributed by atoms with Gasteiger partial charge in [-0.25, -0.2) is 9.78 Å². The van der Waals surface area contributed by atoms with Crippen molar-refractivity contribution in [3.05, 3.63) is 63.9 Å². The second-order valence-electron chi connectivity index (χ2n) is 30.7. The SMILES string of the molecule is C/C1=C2N=C(/C=C3\N/C(=C(/C)C4=NC(C)(C5N=C1[C@](C)(CCC(=O)NCC(C)OP(=O)([O-])O[C@@H]1[C@@H](O)[C@@H](n6cnc7cc(C)c(C)cc76)O[C@@H]1CO)C5CC(N)=O)[C@@](C)(CC(N)=O)[C@@H]4CCC(N)=O)[C@@](C)(CC(N)=O)[C@@H]3CCC(N)=O)C(C)(C)[C@@H]/2CCC(N)=O.C[C@H](CS)C(=O)N1CCC[C@H]1C(=O)O.[Co]. The first-order valence-corrected chi connectivity index (χ1v) is 37.4. The van der Waals surface area contributed by atoms with E-state index in [1.165, 1.54) is 22.7 Å². The third kappa shape index (κ3) is 17.4. The number of carbonyl (C=O) groups is 9. The number of ether oxygens (including phenoxy) is 1. The third-order valence-corrected chi connectivity index (χ3v) is 24.8. The number of imidazole rings is 1. The topological polar surface area (TPSA) is 520 Å². The first kappa shape index (κ1) is 85.1. The van der Waals surface area contributed by atoms with Gasteiger partial charge in [-0.2, -0.15) is 12.6 Å². The Hall–Kier alpha value is -7.20. The Morgan fingerprint density at radius 2 is 1.43 bits per heavy atom. The molecule has 105 heavy (non-hydrogen) atoms. The summed E-state index contributed by atoms with van der Waals surface area (Å²) < 4.78 is 31.9. The molecule has 8 amide bonds. The summed E-state index contributed by atoms with van der Waals surface area (Å²) >= 11 is 4.03. The number of thiol groups is 1. The van der Waals surface area contributed by atoms with E-state index in [-0.39, 0.29) is 106 Å². The van der Waals surface area contributed by atoms with Crippen LogP contribution in [0.5, 0.6) is 0 Å². The first-order valence-electron chi connectivity index (χ1n) is 35.3. The molecule has 3 fully saturated rings. The van der Waals surface area contributed by atoms with Gasteiger partial charge < -0.3 is 88.5 Å². The summed E-state index contributed by atoms with van der Waals surface area (Å²) in [5, 5.41) is 37.0. The number of aliphatic hydroxyl groups is 2. The van der Waals surface area contributed by atoms with Crippen molar-refractivity contribution in [2.75, 3.05) is 25.4 Å². The number of aromatic nitrogens is 2. The smallest absolute Gasteiger partial charge is 0.326 e. The van der Waals surface area contributed by atoms with E-state index >= 15 is 0 Å². The number of phosphoric ester groups is 1. The van der Waals surface area contributed by atoms with E-state index < -0.39 is 155 Å². The molecule has 8 heterocycles. The zero-order valence-corrected chi connectivity index (χ0v) is 64.5. The van der Waals surface area contributed by atoms with Crippen LogP contribution in [-0.2, 0) is 78.3 Å². The zero-order chi connectivity index (χ0) is 77.4. The van der Waals surface area contributed by atoms with Crippen LogP contribution in [0, 0.1) is 65.1 Å². The molecule has 1 radical (unpaired) electrons. The van der Waals surface area contributed by atoms with Gasteiger partial charge in [0.2, 0.25) is 47.3 Å². The first-order chi connectivity index (χ1) is 48.4. The number of primary amides is 6. The molecule has 581 valence electrons. The molecule has 3 saturated heterocycles.